The van der Waals surface area contributed by atoms with Crippen molar-refractivity contribution in [2.45, 2.75) is 72.6 Å². The van der Waals surface area contributed by atoms with Crippen molar-refractivity contribution < 1.29 is 38.2 Å². The van der Waals surface area contributed by atoms with Gasteiger partial charge in [0.1, 0.15) is 24.2 Å². The summed E-state index contributed by atoms with van der Waals surface area (Å²) in [6.45, 7) is 11.0. The molecule has 0 aliphatic rings. The minimum absolute atomic E-state index is 0.0427. The molecule has 0 saturated carbocycles. The van der Waals surface area contributed by atoms with Crippen molar-refractivity contribution in [2.24, 2.45) is 11.8 Å². The van der Waals surface area contributed by atoms with E-state index in [0.29, 0.717) is 0 Å². The van der Waals surface area contributed by atoms with Crippen LogP contribution in [0, 0.1) is 11.8 Å². The molecule has 0 aliphatic carbocycles. The molecule has 13 heteroatoms. The molecule has 0 radical (unpaired) electrons. The first-order valence-electron chi connectivity index (χ1n) is 11.7. The number of carbonyl (C=O) groups is 6. The monoisotopic (exact) mass is 515 g/mol. The Hall–Kier alpha value is -3.38. The van der Waals surface area contributed by atoms with Crippen LogP contribution in [0.1, 0.15) is 54.9 Å². The van der Waals surface area contributed by atoms with E-state index < -0.39 is 73.0 Å². The normalized spacial score (nSPS) is 12.7. The molecule has 0 aromatic heterocycles. The third-order valence-corrected chi connectivity index (χ3v) is 4.46. The zero-order chi connectivity index (χ0) is 28.1. The second-order valence-corrected chi connectivity index (χ2v) is 9.91. The molecule has 0 rings (SSSR count). The molecule has 2 atom stereocenters. The molecule has 36 heavy (non-hydrogen) atoms. The first kappa shape index (κ1) is 32.6. The number of alkyl carbamates (subject to hydrolysis) is 1. The van der Waals surface area contributed by atoms with Gasteiger partial charge in [-0.25, -0.2) is 9.59 Å². The van der Waals surface area contributed by atoms with E-state index in [1.165, 1.54) is 7.11 Å². The maximum atomic E-state index is 12.6. The molecule has 5 amide bonds. The van der Waals surface area contributed by atoms with Crippen LogP contribution in [-0.4, -0.2) is 80.1 Å². The molecule has 13 nitrogen and oxygen atoms in total. The number of hydrogen-bond acceptors (Lipinski definition) is 8. The molecular weight excluding hydrogens is 474 g/mol. The molecule has 0 bridgehead atoms. The van der Waals surface area contributed by atoms with E-state index in [9.17, 15) is 28.8 Å². The molecule has 0 saturated heterocycles. The summed E-state index contributed by atoms with van der Waals surface area (Å²) in [5.74, 6) is -3.21. The lowest BCUT2D eigenvalue weighted by atomic mass is 10.0. The highest BCUT2D eigenvalue weighted by Gasteiger charge is 2.26. The fourth-order valence-corrected chi connectivity index (χ4v) is 2.80. The molecule has 0 unspecified atom stereocenters. The van der Waals surface area contributed by atoms with Crippen molar-refractivity contribution in [2.75, 3.05) is 26.7 Å². The van der Waals surface area contributed by atoms with Crippen LogP contribution in [-0.2, 0) is 33.4 Å². The van der Waals surface area contributed by atoms with Gasteiger partial charge in [0.25, 0.3) is 0 Å². The number of esters is 1. The minimum Gasteiger partial charge on any atom is -0.467 e. The summed E-state index contributed by atoms with van der Waals surface area (Å²) in [5.41, 5.74) is -0.723. The number of hydrogen-bond donors (Lipinski definition) is 5. The van der Waals surface area contributed by atoms with Gasteiger partial charge >= 0.3 is 12.1 Å². The van der Waals surface area contributed by atoms with Gasteiger partial charge in [-0.2, -0.15) is 0 Å². The van der Waals surface area contributed by atoms with E-state index in [1.54, 1.807) is 34.6 Å². The lowest BCUT2D eigenvalue weighted by molar-refractivity contribution is -0.146. The van der Waals surface area contributed by atoms with Crippen LogP contribution in [0.25, 0.3) is 0 Å². The predicted octanol–water partition coefficient (Wildman–Crippen LogP) is -0.412. The van der Waals surface area contributed by atoms with E-state index >= 15 is 0 Å². The van der Waals surface area contributed by atoms with Crippen LogP contribution >= 0.6 is 0 Å². The second kappa shape index (κ2) is 15.6. The number of rotatable bonds is 13. The van der Waals surface area contributed by atoms with Gasteiger partial charge in [-0.3, -0.25) is 19.2 Å². The Morgan fingerprint density at radius 2 is 1.28 bits per heavy atom. The molecule has 0 aromatic carbocycles. The smallest absolute Gasteiger partial charge is 0.408 e. The Balaban J connectivity index is 4.69. The summed E-state index contributed by atoms with van der Waals surface area (Å²) in [6, 6.07) is -1.80. The lowest BCUT2D eigenvalue weighted by Gasteiger charge is -2.22. The fourth-order valence-electron chi connectivity index (χ4n) is 2.80. The highest BCUT2D eigenvalue weighted by Crippen LogP contribution is 2.07. The molecule has 0 fully saturated rings. The Morgan fingerprint density at radius 3 is 1.78 bits per heavy atom. The van der Waals surface area contributed by atoms with Crippen LogP contribution < -0.4 is 26.6 Å². The largest absolute Gasteiger partial charge is 0.467 e. The van der Waals surface area contributed by atoms with Crippen molar-refractivity contribution in [1.82, 2.24) is 26.6 Å². The van der Waals surface area contributed by atoms with Crippen LogP contribution in [0.3, 0.4) is 0 Å². The summed E-state index contributed by atoms with van der Waals surface area (Å²) >= 11 is 0. The van der Waals surface area contributed by atoms with Crippen molar-refractivity contribution in [3.63, 3.8) is 0 Å². The number of ether oxygens (including phenoxy) is 2. The van der Waals surface area contributed by atoms with E-state index in [-0.39, 0.29) is 18.3 Å². The van der Waals surface area contributed by atoms with Gasteiger partial charge in [0, 0.05) is 0 Å². The summed E-state index contributed by atoms with van der Waals surface area (Å²) in [6.07, 6.45) is -0.479. The van der Waals surface area contributed by atoms with Gasteiger partial charge < -0.3 is 36.1 Å². The first-order valence-corrected chi connectivity index (χ1v) is 11.7. The second-order valence-electron chi connectivity index (χ2n) is 9.91. The third kappa shape index (κ3) is 14.8. The fraction of sp³-hybridized carbons (Fsp3) is 0.739. The van der Waals surface area contributed by atoms with Crippen LogP contribution in [0.2, 0.25) is 0 Å². The summed E-state index contributed by atoms with van der Waals surface area (Å²) < 4.78 is 9.70. The van der Waals surface area contributed by atoms with Crippen molar-refractivity contribution in [3.05, 3.63) is 0 Å². The Kier molecular flexibility index (Phi) is 14.1. The lowest BCUT2D eigenvalue weighted by Crippen LogP contribution is -2.52. The van der Waals surface area contributed by atoms with Gasteiger partial charge in [0.05, 0.1) is 20.2 Å². The van der Waals surface area contributed by atoms with Gasteiger partial charge in [0.15, 0.2) is 0 Å². The van der Waals surface area contributed by atoms with Gasteiger partial charge in [-0.15, -0.1) is 0 Å². The third-order valence-electron chi connectivity index (χ3n) is 4.46. The first-order chi connectivity index (χ1) is 16.5. The van der Waals surface area contributed by atoms with Crippen molar-refractivity contribution in [3.8, 4) is 0 Å². The summed E-state index contributed by atoms with van der Waals surface area (Å²) in [7, 11) is 1.21. The maximum Gasteiger partial charge on any atom is 0.408 e. The standard InChI is InChI=1S/C23H41N5O8/c1-13(2)9-15(27-17(30)12-26-22(34)36-23(5,6)7)20(32)25-10-16(29)24-11-18(31)28-19(14(3)4)21(33)35-8/h13-15,19H,9-12H2,1-8H3,(H,24,29)(H,25,32)(H,26,34)(H,27,30)(H,28,31)/t15-,19-/m0/s1. The average Bonchev–Trinajstić information content (AvgIpc) is 2.75. The molecule has 5 N–H and O–H groups in total. The van der Waals surface area contributed by atoms with E-state index in [0.717, 1.165) is 0 Å². The van der Waals surface area contributed by atoms with Crippen molar-refractivity contribution >= 4 is 35.7 Å². The van der Waals surface area contributed by atoms with Crippen LogP contribution in [0.5, 0.6) is 0 Å². The highest BCUT2D eigenvalue weighted by molar-refractivity contribution is 5.93. The molecule has 0 spiro atoms. The number of amides is 5. The van der Waals surface area contributed by atoms with Gasteiger partial charge in [-0.05, 0) is 39.0 Å². The molecule has 206 valence electrons. The topological polar surface area (TPSA) is 181 Å². The molecular formula is C23H41N5O8. The van der Waals surface area contributed by atoms with Gasteiger partial charge in [-0.1, -0.05) is 27.7 Å². The zero-order valence-corrected chi connectivity index (χ0v) is 22.4. The Bertz CT molecular complexity index is 792. The SMILES string of the molecule is COC(=O)[C@@H](NC(=O)CNC(=O)CNC(=O)[C@H](CC(C)C)NC(=O)CNC(=O)OC(C)(C)C)C(C)C. The van der Waals surface area contributed by atoms with Crippen LogP contribution in [0.15, 0.2) is 0 Å². The zero-order valence-electron chi connectivity index (χ0n) is 22.4. The quantitative estimate of drug-likeness (QED) is 0.205. The van der Waals surface area contributed by atoms with E-state index in [2.05, 4.69) is 31.3 Å². The number of nitrogens with one attached hydrogen (secondary N) is 5. The number of methoxy groups -OCH3 is 1. The van der Waals surface area contributed by atoms with Gasteiger partial charge in [0.2, 0.25) is 23.6 Å². The van der Waals surface area contributed by atoms with Crippen LogP contribution in [0.4, 0.5) is 4.79 Å². The molecule has 0 aliphatic heterocycles. The molecule has 0 heterocycles. The average molecular weight is 516 g/mol. The summed E-state index contributed by atoms with van der Waals surface area (Å²) in [4.78, 5) is 72.3. The van der Waals surface area contributed by atoms with E-state index in [4.69, 9.17) is 4.74 Å². The van der Waals surface area contributed by atoms with Crippen molar-refractivity contribution in [1.29, 1.82) is 0 Å². The Morgan fingerprint density at radius 1 is 0.750 bits per heavy atom. The van der Waals surface area contributed by atoms with E-state index in [1.807, 2.05) is 13.8 Å². The minimum atomic E-state index is -0.944. The predicted molar refractivity (Wildman–Crippen MR) is 130 cm³/mol. The number of carbonyl (C=O) groups excluding carboxylic acids is 6. The Labute approximate surface area is 212 Å². The molecule has 0 aromatic rings. The maximum absolute atomic E-state index is 12.6. The summed E-state index contributed by atoms with van der Waals surface area (Å²) in [5, 5.41) is 12.1. The highest BCUT2D eigenvalue weighted by atomic mass is 16.6.